The van der Waals surface area contributed by atoms with Gasteiger partial charge in [-0.2, -0.15) is 0 Å². The summed E-state index contributed by atoms with van der Waals surface area (Å²) in [5.41, 5.74) is 2.04. The first-order chi connectivity index (χ1) is 10.1. The molecule has 2 aliphatic rings. The van der Waals surface area contributed by atoms with Crippen LogP contribution in [-0.4, -0.2) is 53.3 Å². The van der Waals surface area contributed by atoms with E-state index in [9.17, 15) is 15.0 Å². The summed E-state index contributed by atoms with van der Waals surface area (Å²) < 4.78 is 0. The summed E-state index contributed by atoms with van der Waals surface area (Å²) in [6, 6.07) is 7.82. The Morgan fingerprint density at radius 2 is 2.10 bits per heavy atom. The highest BCUT2D eigenvalue weighted by molar-refractivity contribution is 5.76. The number of benzene rings is 1. The molecule has 3 rings (SSSR count). The second-order valence-electron chi connectivity index (χ2n) is 5.99. The minimum atomic E-state index is -0.626. The van der Waals surface area contributed by atoms with E-state index in [2.05, 4.69) is 5.32 Å². The molecule has 114 valence electrons. The minimum Gasteiger partial charge on any atom is -0.391 e. The SMILES string of the molecule is O=C(C[C@@H]1CNC[C@H]1O)N1CCc2ccccc2C(O)C1. The molecule has 1 saturated heterocycles. The molecule has 0 spiro atoms. The van der Waals surface area contributed by atoms with Gasteiger partial charge in [0.25, 0.3) is 0 Å². The quantitative estimate of drug-likeness (QED) is 0.721. The van der Waals surface area contributed by atoms with Gasteiger partial charge in [0.2, 0.25) is 5.91 Å². The van der Waals surface area contributed by atoms with Gasteiger partial charge in [0, 0.05) is 32.0 Å². The molecule has 1 amide bonds. The van der Waals surface area contributed by atoms with Crippen LogP contribution >= 0.6 is 0 Å². The summed E-state index contributed by atoms with van der Waals surface area (Å²) in [6.07, 6.45) is 0.0455. The first-order valence-electron chi connectivity index (χ1n) is 7.57. The summed E-state index contributed by atoms with van der Waals surface area (Å²) in [7, 11) is 0. The van der Waals surface area contributed by atoms with Crippen LogP contribution in [0.3, 0.4) is 0 Å². The first kappa shape index (κ1) is 14.5. The summed E-state index contributed by atoms with van der Waals surface area (Å²) >= 11 is 0. The molecule has 3 N–H and O–H groups in total. The standard InChI is InChI=1S/C16H22N2O3/c19-14-9-17-8-12(14)7-16(21)18-6-5-11-3-1-2-4-13(11)15(20)10-18/h1-4,12,14-15,17,19-20H,5-10H2/t12-,14-,15?/m1/s1. The van der Waals surface area contributed by atoms with Gasteiger partial charge in [-0.3, -0.25) is 4.79 Å². The first-order valence-corrected chi connectivity index (χ1v) is 7.57. The lowest BCUT2D eigenvalue weighted by Gasteiger charge is -2.24. The van der Waals surface area contributed by atoms with E-state index < -0.39 is 12.2 Å². The molecule has 5 heteroatoms. The third-order valence-corrected chi connectivity index (χ3v) is 4.55. The van der Waals surface area contributed by atoms with E-state index in [1.807, 2.05) is 24.3 Å². The number of carbonyl (C=O) groups is 1. The third-order valence-electron chi connectivity index (χ3n) is 4.55. The predicted molar refractivity (Wildman–Crippen MR) is 78.7 cm³/mol. The number of hydrogen-bond acceptors (Lipinski definition) is 4. The number of β-amino-alcohol motifs (C(OH)–C–C–N with tert-alkyl or cyclic N) is 2. The Bertz CT molecular complexity index is 520. The van der Waals surface area contributed by atoms with Crippen molar-refractivity contribution in [1.82, 2.24) is 10.2 Å². The number of amides is 1. The normalized spacial score (nSPS) is 29.0. The third kappa shape index (κ3) is 3.10. The summed E-state index contributed by atoms with van der Waals surface area (Å²) in [5, 5.41) is 23.2. The van der Waals surface area contributed by atoms with Crippen LogP contribution in [0.25, 0.3) is 0 Å². The number of nitrogens with zero attached hydrogens (tertiary/aromatic N) is 1. The molecule has 0 bridgehead atoms. The van der Waals surface area contributed by atoms with Gasteiger partial charge in [0.05, 0.1) is 18.8 Å². The topological polar surface area (TPSA) is 72.8 Å². The highest BCUT2D eigenvalue weighted by atomic mass is 16.3. The highest BCUT2D eigenvalue weighted by Crippen LogP contribution is 2.24. The molecule has 2 heterocycles. The molecule has 0 radical (unpaired) electrons. The Morgan fingerprint density at radius 3 is 2.86 bits per heavy atom. The van der Waals surface area contributed by atoms with E-state index in [-0.39, 0.29) is 11.8 Å². The van der Waals surface area contributed by atoms with E-state index in [1.54, 1.807) is 4.90 Å². The van der Waals surface area contributed by atoms with Crippen LogP contribution in [0.1, 0.15) is 23.7 Å². The number of rotatable bonds is 2. The Labute approximate surface area is 124 Å². The molecule has 2 aliphatic heterocycles. The van der Waals surface area contributed by atoms with Crippen LogP contribution in [0, 0.1) is 5.92 Å². The van der Waals surface area contributed by atoms with Crippen LogP contribution < -0.4 is 5.32 Å². The van der Waals surface area contributed by atoms with Crippen molar-refractivity contribution in [3.63, 3.8) is 0 Å². The maximum atomic E-state index is 12.4. The van der Waals surface area contributed by atoms with Crippen molar-refractivity contribution < 1.29 is 15.0 Å². The summed E-state index contributed by atoms with van der Waals surface area (Å²) in [4.78, 5) is 14.2. The number of aliphatic hydroxyl groups excluding tert-OH is 2. The largest absolute Gasteiger partial charge is 0.391 e. The van der Waals surface area contributed by atoms with Gasteiger partial charge < -0.3 is 20.4 Å². The minimum absolute atomic E-state index is 0.0136. The van der Waals surface area contributed by atoms with Gasteiger partial charge in [0.15, 0.2) is 0 Å². The number of carbonyl (C=O) groups excluding carboxylic acids is 1. The number of fused-ring (bicyclic) bond motifs is 1. The lowest BCUT2D eigenvalue weighted by atomic mass is 10.0. The molecule has 21 heavy (non-hydrogen) atoms. The molecule has 1 aromatic rings. The smallest absolute Gasteiger partial charge is 0.223 e. The van der Waals surface area contributed by atoms with Gasteiger partial charge in [-0.15, -0.1) is 0 Å². The zero-order valence-corrected chi connectivity index (χ0v) is 12.0. The van der Waals surface area contributed by atoms with Crippen molar-refractivity contribution in [2.75, 3.05) is 26.2 Å². The van der Waals surface area contributed by atoms with Crippen molar-refractivity contribution in [3.05, 3.63) is 35.4 Å². The maximum Gasteiger partial charge on any atom is 0.223 e. The molecule has 0 aliphatic carbocycles. The molecular weight excluding hydrogens is 268 g/mol. The van der Waals surface area contributed by atoms with E-state index in [0.29, 0.717) is 32.6 Å². The zero-order chi connectivity index (χ0) is 14.8. The Hall–Kier alpha value is -1.43. The summed E-state index contributed by atoms with van der Waals surface area (Å²) in [6.45, 7) is 2.21. The van der Waals surface area contributed by atoms with Crippen molar-refractivity contribution in [2.45, 2.75) is 25.0 Å². The second kappa shape index (κ2) is 6.13. The van der Waals surface area contributed by atoms with E-state index >= 15 is 0 Å². The van der Waals surface area contributed by atoms with Crippen LogP contribution in [0.5, 0.6) is 0 Å². The van der Waals surface area contributed by atoms with Gasteiger partial charge in [-0.1, -0.05) is 24.3 Å². The van der Waals surface area contributed by atoms with E-state index in [1.165, 1.54) is 0 Å². The maximum absolute atomic E-state index is 12.4. The lowest BCUT2D eigenvalue weighted by Crippen LogP contribution is -2.37. The van der Waals surface area contributed by atoms with Crippen LogP contribution in [0.15, 0.2) is 24.3 Å². The molecule has 0 aromatic heterocycles. The zero-order valence-electron chi connectivity index (χ0n) is 12.0. The molecule has 3 atom stereocenters. The van der Waals surface area contributed by atoms with Crippen LogP contribution in [0.2, 0.25) is 0 Å². The average Bonchev–Trinajstić information content (AvgIpc) is 2.80. The summed E-state index contributed by atoms with van der Waals surface area (Å²) in [5.74, 6) is 0.00915. The highest BCUT2D eigenvalue weighted by Gasteiger charge is 2.30. The van der Waals surface area contributed by atoms with Crippen molar-refractivity contribution in [2.24, 2.45) is 5.92 Å². The number of nitrogens with one attached hydrogen (secondary N) is 1. The molecule has 0 saturated carbocycles. The van der Waals surface area contributed by atoms with Crippen molar-refractivity contribution in [1.29, 1.82) is 0 Å². The molecule has 1 unspecified atom stereocenters. The molecular formula is C16H22N2O3. The van der Waals surface area contributed by atoms with Crippen molar-refractivity contribution >= 4 is 5.91 Å². The van der Waals surface area contributed by atoms with E-state index in [4.69, 9.17) is 0 Å². The number of aliphatic hydroxyl groups is 2. The fourth-order valence-electron chi connectivity index (χ4n) is 3.25. The Morgan fingerprint density at radius 1 is 1.29 bits per heavy atom. The monoisotopic (exact) mass is 290 g/mol. The Kier molecular flexibility index (Phi) is 4.24. The molecule has 1 aromatic carbocycles. The van der Waals surface area contributed by atoms with Gasteiger partial charge in [-0.05, 0) is 17.5 Å². The van der Waals surface area contributed by atoms with E-state index in [0.717, 1.165) is 17.5 Å². The fraction of sp³-hybridized carbons (Fsp3) is 0.562. The number of hydrogen-bond donors (Lipinski definition) is 3. The van der Waals surface area contributed by atoms with Crippen LogP contribution in [0.4, 0.5) is 0 Å². The average molecular weight is 290 g/mol. The Balaban J connectivity index is 1.66. The van der Waals surface area contributed by atoms with Gasteiger partial charge >= 0.3 is 0 Å². The van der Waals surface area contributed by atoms with Gasteiger partial charge in [-0.25, -0.2) is 0 Å². The van der Waals surface area contributed by atoms with Gasteiger partial charge in [0.1, 0.15) is 0 Å². The lowest BCUT2D eigenvalue weighted by molar-refractivity contribution is -0.134. The predicted octanol–water partition coefficient (Wildman–Crippen LogP) is 0.0751. The molecule has 5 nitrogen and oxygen atoms in total. The van der Waals surface area contributed by atoms with Crippen molar-refractivity contribution in [3.8, 4) is 0 Å². The molecule has 1 fully saturated rings. The second-order valence-corrected chi connectivity index (χ2v) is 5.99. The fourth-order valence-corrected chi connectivity index (χ4v) is 3.25. The van der Waals surface area contributed by atoms with Crippen LogP contribution in [-0.2, 0) is 11.2 Å².